The van der Waals surface area contributed by atoms with Crippen molar-refractivity contribution in [3.8, 4) is 0 Å². The van der Waals surface area contributed by atoms with Crippen molar-refractivity contribution in [1.29, 1.82) is 0 Å². The van der Waals surface area contributed by atoms with Gasteiger partial charge in [-0.1, -0.05) is 27.7 Å². The number of hydrogen-bond acceptors (Lipinski definition) is 1. The molecule has 3 heteroatoms. The van der Waals surface area contributed by atoms with Gasteiger partial charge >= 0.3 is 0 Å². The summed E-state index contributed by atoms with van der Waals surface area (Å²) in [6.07, 6.45) is 2.33. The Hall–Kier alpha value is -0.180. The highest BCUT2D eigenvalue weighted by molar-refractivity contribution is 4.95. The van der Waals surface area contributed by atoms with Crippen LogP contribution in [0.3, 0.4) is 0 Å². The second-order valence-electron chi connectivity index (χ2n) is 7.67. The summed E-state index contributed by atoms with van der Waals surface area (Å²) in [4.78, 5) is 0. The number of halogens is 2. The maximum absolute atomic E-state index is 13.0. The standard InChI is InChI=1S/C15H26F2O/c1-13(2,11-7-15(16,17)8-11)5-6-14(3,4)12-9-18-10-12/h11-12H,5-10H2,1-4H3. The topological polar surface area (TPSA) is 9.23 Å². The summed E-state index contributed by atoms with van der Waals surface area (Å²) < 4.78 is 31.2. The van der Waals surface area contributed by atoms with E-state index in [1.807, 2.05) is 0 Å². The monoisotopic (exact) mass is 260 g/mol. The molecule has 0 spiro atoms. The molecule has 0 atom stereocenters. The minimum absolute atomic E-state index is 0.0452. The minimum atomic E-state index is -2.39. The summed E-state index contributed by atoms with van der Waals surface area (Å²) in [6.45, 7) is 10.6. The Labute approximate surface area is 109 Å². The Kier molecular flexibility index (Phi) is 3.50. The van der Waals surface area contributed by atoms with E-state index < -0.39 is 5.92 Å². The van der Waals surface area contributed by atoms with Crippen molar-refractivity contribution in [3.63, 3.8) is 0 Å². The Morgan fingerprint density at radius 1 is 0.944 bits per heavy atom. The zero-order valence-electron chi connectivity index (χ0n) is 12.1. The lowest BCUT2D eigenvalue weighted by Gasteiger charge is -2.47. The molecule has 0 aromatic heterocycles. The van der Waals surface area contributed by atoms with E-state index in [0.29, 0.717) is 5.92 Å². The van der Waals surface area contributed by atoms with E-state index in [-0.39, 0.29) is 29.6 Å². The fraction of sp³-hybridized carbons (Fsp3) is 1.00. The van der Waals surface area contributed by atoms with Crippen molar-refractivity contribution in [1.82, 2.24) is 0 Å². The van der Waals surface area contributed by atoms with Crippen LogP contribution in [-0.4, -0.2) is 19.1 Å². The third kappa shape index (κ3) is 2.87. The molecule has 0 amide bonds. The summed E-state index contributed by atoms with van der Waals surface area (Å²) >= 11 is 0. The van der Waals surface area contributed by atoms with Gasteiger partial charge in [-0.2, -0.15) is 0 Å². The van der Waals surface area contributed by atoms with Gasteiger partial charge in [-0.25, -0.2) is 8.78 Å². The van der Waals surface area contributed by atoms with Crippen LogP contribution in [0.15, 0.2) is 0 Å². The molecule has 0 N–H and O–H groups in total. The smallest absolute Gasteiger partial charge is 0.248 e. The number of rotatable bonds is 5. The van der Waals surface area contributed by atoms with Crippen molar-refractivity contribution in [2.24, 2.45) is 22.7 Å². The highest BCUT2D eigenvalue weighted by Crippen LogP contribution is 2.53. The zero-order chi connectivity index (χ0) is 13.6. The molecule has 2 aliphatic rings. The van der Waals surface area contributed by atoms with Gasteiger partial charge in [0.15, 0.2) is 0 Å². The molecule has 0 aromatic carbocycles. The average molecular weight is 260 g/mol. The first-order valence-electron chi connectivity index (χ1n) is 7.08. The molecule has 1 aliphatic carbocycles. The molecule has 1 aliphatic heterocycles. The minimum Gasteiger partial charge on any atom is -0.381 e. The van der Waals surface area contributed by atoms with Gasteiger partial charge in [0.1, 0.15) is 0 Å². The fourth-order valence-electron chi connectivity index (χ4n) is 2.95. The second kappa shape index (κ2) is 4.43. The third-order valence-corrected chi connectivity index (χ3v) is 5.35. The molecule has 106 valence electrons. The Bertz CT molecular complexity index is 298. The van der Waals surface area contributed by atoms with Gasteiger partial charge in [0.05, 0.1) is 13.2 Å². The summed E-state index contributed by atoms with van der Waals surface area (Å²) in [6, 6.07) is 0. The van der Waals surface area contributed by atoms with Crippen molar-refractivity contribution in [2.75, 3.05) is 13.2 Å². The maximum atomic E-state index is 13.0. The van der Waals surface area contributed by atoms with Crippen LogP contribution in [0.25, 0.3) is 0 Å². The van der Waals surface area contributed by atoms with Crippen molar-refractivity contribution in [2.45, 2.75) is 59.3 Å². The zero-order valence-corrected chi connectivity index (χ0v) is 12.1. The van der Waals surface area contributed by atoms with E-state index in [9.17, 15) is 8.78 Å². The first kappa shape index (κ1) is 14.2. The third-order valence-electron chi connectivity index (χ3n) is 5.35. The lowest BCUT2D eigenvalue weighted by atomic mass is 9.61. The molecule has 0 radical (unpaired) electrons. The van der Waals surface area contributed by atoms with Gasteiger partial charge in [-0.3, -0.25) is 0 Å². The van der Waals surface area contributed by atoms with Crippen LogP contribution < -0.4 is 0 Å². The molecule has 1 saturated carbocycles. The molecular weight excluding hydrogens is 234 g/mol. The van der Waals surface area contributed by atoms with Gasteiger partial charge in [-0.15, -0.1) is 0 Å². The predicted octanol–water partition coefficient (Wildman–Crippen LogP) is 4.51. The van der Waals surface area contributed by atoms with Crippen molar-refractivity contribution in [3.05, 3.63) is 0 Å². The summed E-state index contributed by atoms with van der Waals surface area (Å²) in [5, 5.41) is 0. The van der Waals surface area contributed by atoms with Crippen LogP contribution in [0.4, 0.5) is 8.78 Å². The fourth-order valence-corrected chi connectivity index (χ4v) is 2.95. The Balaban J connectivity index is 1.81. The van der Waals surface area contributed by atoms with Gasteiger partial charge in [0.2, 0.25) is 5.92 Å². The lowest BCUT2D eigenvalue weighted by molar-refractivity contribution is -0.146. The molecule has 1 nitrogen and oxygen atoms in total. The van der Waals surface area contributed by atoms with Gasteiger partial charge in [-0.05, 0) is 29.6 Å². The Morgan fingerprint density at radius 2 is 1.39 bits per heavy atom. The molecule has 1 heterocycles. The first-order valence-corrected chi connectivity index (χ1v) is 7.08. The number of ether oxygens (including phenoxy) is 1. The van der Waals surface area contributed by atoms with Crippen molar-refractivity contribution < 1.29 is 13.5 Å². The second-order valence-corrected chi connectivity index (χ2v) is 7.67. The molecule has 0 bridgehead atoms. The van der Waals surface area contributed by atoms with Crippen LogP contribution in [0, 0.1) is 22.7 Å². The SMILES string of the molecule is CC(C)(CCC(C)(C)C1CC(F)(F)C1)C1COC1. The van der Waals surface area contributed by atoms with Gasteiger partial charge < -0.3 is 4.74 Å². The van der Waals surface area contributed by atoms with E-state index in [2.05, 4.69) is 27.7 Å². The predicted molar refractivity (Wildman–Crippen MR) is 68.8 cm³/mol. The van der Waals surface area contributed by atoms with Crippen LogP contribution in [0.2, 0.25) is 0 Å². The van der Waals surface area contributed by atoms with Crippen LogP contribution in [-0.2, 0) is 4.74 Å². The molecular formula is C15H26F2O. The molecule has 0 aromatic rings. The van der Waals surface area contributed by atoms with E-state index in [1.165, 1.54) is 0 Å². The summed E-state index contributed by atoms with van der Waals surface area (Å²) in [5.74, 6) is -1.55. The quantitative estimate of drug-likeness (QED) is 0.706. The largest absolute Gasteiger partial charge is 0.381 e. The number of alkyl halides is 2. The lowest BCUT2D eigenvalue weighted by Crippen LogP contribution is -2.45. The highest BCUT2D eigenvalue weighted by atomic mass is 19.3. The van der Waals surface area contributed by atoms with Gasteiger partial charge in [0.25, 0.3) is 0 Å². The Morgan fingerprint density at radius 3 is 1.72 bits per heavy atom. The van der Waals surface area contributed by atoms with Crippen molar-refractivity contribution >= 4 is 0 Å². The molecule has 2 fully saturated rings. The maximum Gasteiger partial charge on any atom is 0.248 e. The highest BCUT2D eigenvalue weighted by Gasteiger charge is 2.51. The van der Waals surface area contributed by atoms with E-state index in [0.717, 1.165) is 26.1 Å². The summed E-state index contributed by atoms with van der Waals surface area (Å²) in [7, 11) is 0. The summed E-state index contributed by atoms with van der Waals surface area (Å²) in [5.41, 5.74) is 0.325. The van der Waals surface area contributed by atoms with Crippen LogP contribution in [0.1, 0.15) is 53.4 Å². The number of hydrogen-bond donors (Lipinski definition) is 0. The molecule has 0 unspecified atom stereocenters. The van der Waals surface area contributed by atoms with E-state index in [1.54, 1.807) is 0 Å². The molecule has 1 saturated heterocycles. The first-order chi connectivity index (χ1) is 8.12. The van der Waals surface area contributed by atoms with Crippen LogP contribution >= 0.6 is 0 Å². The normalized spacial score (nSPS) is 25.7. The van der Waals surface area contributed by atoms with Crippen LogP contribution in [0.5, 0.6) is 0 Å². The van der Waals surface area contributed by atoms with Gasteiger partial charge in [0, 0.05) is 18.8 Å². The molecule has 2 rings (SSSR count). The molecule has 18 heavy (non-hydrogen) atoms. The van der Waals surface area contributed by atoms with E-state index in [4.69, 9.17) is 4.74 Å². The average Bonchev–Trinajstić information content (AvgIpc) is 2.07. The van der Waals surface area contributed by atoms with E-state index >= 15 is 0 Å².